The summed E-state index contributed by atoms with van der Waals surface area (Å²) in [5, 5.41) is 0. The predicted octanol–water partition coefficient (Wildman–Crippen LogP) is 6.09. The molecule has 35 heavy (non-hydrogen) atoms. The topological polar surface area (TPSA) is 23.6 Å². The van der Waals surface area contributed by atoms with Crippen molar-refractivity contribution >= 4 is 5.91 Å². The number of hydrogen-bond donors (Lipinski definition) is 0. The quantitative estimate of drug-likeness (QED) is 0.491. The van der Waals surface area contributed by atoms with Crippen LogP contribution in [-0.4, -0.2) is 48.4 Å². The molecule has 1 aromatic rings. The first-order valence-electron chi connectivity index (χ1n) is 14.1. The average molecular weight is 479 g/mol. The predicted molar refractivity (Wildman–Crippen MR) is 138 cm³/mol. The molecule has 8 atom stereocenters. The summed E-state index contributed by atoms with van der Waals surface area (Å²) in [7, 11) is 4.34. The van der Waals surface area contributed by atoms with Gasteiger partial charge < -0.3 is 9.80 Å². The Balaban J connectivity index is 1.17. The van der Waals surface area contributed by atoms with Crippen molar-refractivity contribution < 1.29 is 9.18 Å². The lowest BCUT2D eigenvalue weighted by Crippen LogP contribution is -2.53. The molecule has 1 saturated heterocycles. The molecule has 4 fully saturated rings. The molecule has 0 bridgehead atoms. The van der Waals surface area contributed by atoms with Gasteiger partial charge in [-0.15, -0.1) is 0 Å². The van der Waals surface area contributed by atoms with Gasteiger partial charge in [-0.05, 0) is 118 Å². The molecule has 4 heteroatoms. The van der Waals surface area contributed by atoms with E-state index in [4.69, 9.17) is 0 Å². The van der Waals surface area contributed by atoms with Crippen molar-refractivity contribution in [1.29, 1.82) is 0 Å². The summed E-state index contributed by atoms with van der Waals surface area (Å²) in [4.78, 5) is 17.7. The molecule has 8 unspecified atom stereocenters. The van der Waals surface area contributed by atoms with Crippen LogP contribution in [0.5, 0.6) is 0 Å². The van der Waals surface area contributed by atoms with Crippen molar-refractivity contribution in [3.8, 4) is 0 Å². The van der Waals surface area contributed by atoms with Crippen molar-refractivity contribution in [2.45, 2.75) is 83.7 Å². The van der Waals surface area contributed by atoms with E-state index in [1.54, 1.807) is 17.7 Å². The smallest absolute Gasteiger partial charge is 0.226 e. The lowest BCUT2D eigenvalue weighted by molar-refractivity contribution is -0.132. The van der Waals surface area contributed by atoms with Gasteiger partial charge in [0.05, 0.1) is 6.42 Å². The van der Waals surface area contributed by atoms with E-state index in [1.807, 2.05) is 11.9 Å². The molecule has 6 rings (SSSR count). The first-order chi connectivity index (χ1) is 16.7. The van der Waals surface area contributed by atoms with Crippen LogP contribution in [-0.2, 0) is 11.2 Å². The maximum atomic E-state index is 13.3. The van der Waals surface area contributed by atoms with Crippen LogP contribution in [0.4, 0.5) is 4.39 Å². The van der Waals surface area contributed by atoms with E-state index < -0.39 is 0 Å². The summed E-state index contributed by atoms with van der Waals surface area (Å²) in [6.07, 6.45) is 13.3. The third-order valence-electron chi connectivity index (χ3n) is 11.9. The number of carbonyl (C=O) groups excluding carboxylic acids is 1. The molecule has 0 N–H and O–H groups in total. The van der Waals surface area contributed by atoms with E-state index in [0.29, 0.717) is 17.3 Å². The zero-order chi connectivity index (χ0) is 24.5. The Kier molecular flexibility index (Phi) is 5.71. The molecule has 1 aliphatic heterocycles. The fourth-order valence-corrected chi connectivity index (χ4v) is 9.88. The van der Waals surface area contributed by atoms with Crippen LogP contribution in [0.3, 0.4) is 0 Å². The highest BCUT2D eigenvalue weighted by Gasteiger charge is 2.64. The van der Waals surface area contributed by atoms with Crippen molar-refractivity contribution in [2.75, 3.05) is 20.6 Å². The van der Waals surface area contributed by atoms with Crippen molar-refractivity contribution in [3.05, 3.63) is 47.3 Å². The highest BCUT2D eigenvalue weighted by molar-refractivity contribution is 5.78. The van der Waals surface area contributed by atoms with E-state index in [2.05, 4.69) is 31.9 Å². The van der Waals surface area contributed by atoms with E-state index in [-0.39, 0.29) is 17.8 Å². The summed E-state index contributed by atoms with van der Waals surface area (Å²) in [6, 6.07) is 7.39. The number of amides is 1. The molecule has 190 valence electrons. The second kappa shape index (κ2) is 8.43. The summed E-state index contributed by atoms with van der Waals surface area (Å²) in [5.74, 6) is 3.39. The molecule has 1 spiro atoms. The second-order valence-corrected chi connectivity index (χ2v) is 13.1. The van der Waals surface area contributed by atoms with Gasteiger partial charge in [0.25, 0.3) is 0 Å². The number of nitrogens with zero attached hydrogens (tertiary/aromatic N) is 2. The highest BCUT2D eigenvalue weighted by atomic mass is 19.1. The van der Waals surface area contributed by atoms with Gasteiger partial charge in [0.1, 0.15) is 5.82 Å². The van der Waals surface area contributed by atoms with Gasteiger partial charge in [-0.2, -0.15) is 0 Å². The zero-order valence-electron chi connectivity index (χ0n) is 22.1. The van der Waals surface area contributed by atoms with Crippen molar-refractivity contribution in [2.24, 2.45) is 34.5 Å². The number of likely N-dealkylation sites (N-methyl/N-ethyl adjacent to an activating group) is 1. The van der Waals surface area contributed by atoms with E-state index >= 15 is 0 Å². The first kappa shape index (κ1) is 23.7. The Labute approximate surface area is 211 Å². The van der Waals surface area contributed by atoms with Crippen molar-refractivity contribution in [1.82, 2.24) is 9.80 Å². The minimum atomic E-state index is -0.250. The molecule has 1 aromatic carbocycles. The first-order valence-corrected chi connectivity index (χ1v) is 14.1. The second-order valence-electron chi connectivity index (χ2n) is 13.1. The SMILES string of the molecule is CC1C2CCC3C4CC=C5CC(N(C)C(=O)Cc6ccc(F)cc6)CCC5(C)C4CCC32CN1C. The molecule has 4 aliphatic carbocycles. The van der Waals surface area contributed by atoms with Gasteiger partial charge in [0.2, 0.25) is 5.91 Å². The van der Waals surface area contributed by atoms with Crippen LogP contribution in [0.1, 0.15) is 70.8 Å². The minimum absolute atomic E-state index is 0.149. The number of hydrogen-bond acceptors (Lipinski definition) is 2. The van der Waals surface area contributed by atoms with Gasteiger partial charge >= 0.3 is 0 Å². The Hall–Kier alpha value is -1.68. The minimum Gasteiger partial charge on any atom is -0.342 e. The van der Waals surface area contributed by atoms with Crippen molar-refractivity contribution in [3.63, 3.8) is 0 Å². The maximum Gasteiger partial charge on any atom is 0.226 e. The number of rotatable bonds is 3. The largest absolute Gasteiger partial charge is 0.342 e. The van der Waals surface area contributed by atoms with Gasteiger partial charge in [0, 0.05) is 25.7 Å². The number of halogens is 1. The van der Waals surface area contributed by atoms with E-state index in [0.717, 1.165) is 48.1 Å². The number of allylic oxidation sites excluding steroid dienone is 1. The Morgan fingerprint density at radius 1 is 1.09 bits per heavy atom. The summed E-state index contributed by atoms with van der Waals surface area (Å²) < 4.78 is 13.3. The van der Waals surface area contributed by atoms with Crippen LogP contribution >= 0.6 is 0 Å². The van der Waals surface area contributed by atoms with Crippen LogP contribution in [0.15, 0.2) is 35.9 Å². The lowest BCUT2D eigenvalue weighted by atomic mass is 9.47. The average Bonchev–Trinajstić information content (AvgIpc) is 3.33. The van der Waals surface area contributed by atoms with Crippen LogP contribution in [0.25, 0.3) is 0 Å². The van der Waals surface area contributed by atoms with E-state index in [9.17, 15) is 9.18 Å². The van der Waals surface area contributed by atoms with Crippen LogP contribution in [0.2, 0.25) is 0 Å². The van der Waals surface area contributed by atoms with Gasteiger partial charge in [-0.3, -0.25) is 4.79 Å². The molecule has 0 aromatic heterocycles. The highest BCUT2D eigenvalue weighted by Crippen LogP contribution is 2.68. The Morgan fingerprint density at radius 2 is 1.83 bits per heavy atom. The van der Waals surface area contributed by atoms with Gasteiger partial charge in [-0.25, -0.2) is 4.39 Å². The third-order valence-corrected chi connectivity index (χ3v) is 11.9. The zero-order valence-corrected chi connectivity index (χ0v) is 22.1. The molecule has 1 amide bonds. The summed E-state index contributed by atoms with van der Waals surface area (Å²) >= 11 is 0. The van der Waals surface area contributed by atoms with Gasteiger partial charge in [-0.1, -0.05) is 30.7 Å². The lowest BCUT2D eigenvalue weighted by Gasteiger charge is -2.58. The van der Waals surface area contributed by atoms with E-state index in [1.165, 1.54) is 57.2 Å². The number of benzene rings is 1. The molecule has 5 aliphatic rings. The fraction of sp³-hybridized carbons (Fsp3) is 0.710. The Bertz CT molecular complexity index is 1020. The molecular weight excluding hydrogens is 435 g/mol. The monoisotopic (exact) mass is 478 g/mol. The summed E-state index contributed by atoms with van der Waals surface area (Å²) in [5.41, 5.74) is 3.43. The molecule has 0 radical (unpaired) electrons. The molecule has 3 nitrogen and oxygen atoms in total. The van der Waals surface area contributed by atoms with Crippen LogP contribution in [0, 0.1) is 40.3 Å². The normalized spacial score (nSPS) is 42.5. The fourth-order valence-electron chi connectivity index (χ4n) is 9.88. The number of fused-ring (bicyclic) bond motifs is 4. The van der Waals surface area contributed by atoms with Crippen LogP contribution < -0.4 is 0 Å². The Morgan fingerprint density at radius 3 is 2.60 bits per heavy atom. The standard InChI is InChI=1S/C31H43FN2O/c1-20-26-11-12-28-25-10-7-22-18-24(34(4)29(35)17-21-5-8-23(32)9-6-21)13-15-30(22,2)27(25)14-16-31(26,28)19-33(20)3/h5-9,20,24-28H,10-19H2,1-4H3. The number of likely N-dealkylation sites (tertiary alicyclic amines) is 1. The van der Waals surface area contributed by atoms with Gasteiger partial charge in [0.15, 0.2) is 0 Å². The maximum absolute atomic E-state index is 13.3. The molecular formula is C31H43FN2O. The number of carbonyl (C=O) groups is 1. The summed E-state index contributed by atoms with van der Waals surface area (Å²) in [6.45, 7) is 6.37. The molecule has 1 heterocycles. The third kappa shape index (κ3) is 3.56. The molecule has 3 saturated carbocycles.